The van der Waals surface area contributed by atoms with Crippen LogP contribution >= 0.6 is 11.6 Å². The molecule has 1 fully saturated rings. The molecule has 0 radical (unpaired) electrons. The molecule has 3 nitrogen and oxygen atoms in total. The van der Waals surface area contributed by atoms with Crippen LogP contribution in [0.1, 0.15) is 5.56 Å². The lowest BCUT2D eigenvalue weighted by Crippen LogP contribution is -2.35. The number of rotatable bonds is 2. The lowest BCUT2D eigenvalue weighted by atomic mass is 10.1. The highest BCUT2D eigenvalue weighted by Gasteiger charge is 2.32. The van der Waals surface area contributed by atoms with Crippen molar-refractivity contribution < 1.29 is 0 Å². The van der Waals surface area contributed by atoms with Crippen LogP contribution in [0.5, 0.6) is 0 Å². The molecule has 1 saturated heterocycles. The van der Waals surface area contributed by atoms with Gasteiger partial charge in [0, 0.05) is 24.5 Å². The number of benzene rings is 1. The van der Waals surface area contributed by atoms with E-state index in [2.05, 4.69) is 21.7 Å². The number of aliphatic imine (C=N–C) groups is 1. The third-order valence-corrected chi connectivity index (χ3v) is 3.54. The van der Waals surface area contributed by atoms with Gasteiger partial charge in [-0.3, -0.25) is 4.99 Å². The zero-order chi connectivity index (χ0) is 11.0. The Labute approximate surface area is 99.9 Å². The number of amidine groups is 1. The van der Waals surface area contributed by atoms with Crippen LogP contribution in [0, 0.1) is 0 Å². The van der Waals surface area contributed by atoms with Crippen molar-refractivity contribution in [3.8, 4) is 0 Å². The first-order valence-corrected chi connectivity index (χ1v) is 5.98. The number of fused-ring (bicyclic) bond motifs is 1. The van der Waals surface area contributed by atoms with Gasteiger partial charge in [-0.25, -0.2) is 0 Å². The van der Waals surface area contributed by atoms with Gasteiger partial charge in [0.2, 0.25) is 0 Å². The number of halogens is 1. The molecule has 2 atom stereocenters. The van der Waals surface area contributed by atoms with Crippen molar-refractivity contribution >= 4 is 17.4 Å². The maximum absolute atomic E-state index is 6.13. The van der Waals surface area contributed by atoms with Crippen molar-refractivity contribution in [3.05, 3.63) is 34.9 Å². The van der Waals surface area contributed by atoms with Gasteiger partial charge in [-0.2, -0.15) is 0 Å². The van der Waals surface area contributed by atoms with Gasteiger partial charge in [-0.15, -0.1) is 0 Å². The zero-order valence-electron chi connectivity index (χ0n) is 8.91. The molecule has 84 valence electrons. The monoisotopic (exact) mass is 235 g/mol. The van der Waals surface area contributed by atoms with E-state index in [0.29, 0.717) is 12.1 Å². The first-order valence-electron chi connectivity index (χ1n) is 5.60. The lowest BCUT2D eigenvalue weighted by Gasteiger charge is -2.09. The average Bonchev–Trinajstić information content (AvgIpc) is 2.81. The molecule has 2 heterocycles. The minimum atomic E-state index is 0.414. The topological polar surface area (TPSA) is 36.4 Å². The van der Waals surface area contributed by atoms with Gasteiger partial charge in [0.25, 0.3) is 0 Å². The predicted molar refractivity (Wildman–Crippen MR) is 66.2 cm³/mol. The fourth-order valence-corrected chi connectivity index (χ4v) is 2.52. The Morgan fingerprint density at radius 2 is 2.19 bits per heavy atom. The van der Waals surface area contributed by atoms with Crippen LogP contribution in [-0.4, -0.2) is 31.0 Å². The summed E-state index contributed by atoms with van der Waals surface area (Å²) in [5.41, 5.74) is 1.14. The summed E-state index contributed by atoms with van der Waals surface area (Å²) >= 11 is 6.13. The molecule has 0 aliphatic carbocycles. The van der Waals surface area contributed by atoms with Crippen molar-refractivity contribution in [1.29, 1.82) is 0 Å². The molecule has 3 rings (SSSR count). The molecule has 1 aromatic carbocycles. The molecule has 0 saturated carbocycles. The third-order valence-electron chi connectivity index (χ3n) is 3.17. The van der Waals surface area contributed by atoms with E-state index in [9.17, 15) is 0 Å². The minimum Gasteiger partial charge on any atom is -0.367 e. The van der Waals surface area contributed by atoms with Gasteiger partial charge in [-0.1, -0.05) is 29.8 Å². The third kappa shape index (κ3) is 1.81. The summed E-state index contributed by atoms with van der Waals surface area (Å²) in [4.78, 5) is 4.67. The van der Waals surface area contributed by atoms with Gasteiger partial charge >= 0.3 is 0 Å². The molecule has 0 bridgehead atoms. The van der Waals surface area contributed by atoms with Gasteiger partial charge in [0.15, 0.2) is 0 Å². The Hall–Kier alpha value is -1.06. The van der Waals surface area contributed by atoms with Crippen molar-refractivity contribution in [3.63, 3.8) is 0 Å². The second kappa shape index (κ2) is 4.07. The molecule has 0 spiro atoms. The van der Waals surface area contributed by atoms with E-state index in [1.54, 1.807) is 0 Å². The smallest absolute Gasteiger partial charge is 0.102 e. The first-order chi connectivity index (χ1) is 7.83. The van der Waals surface area contributed by atoms with Crippen LogP contribution < -0.4 is 10.6 Å². The van der Waals surface area contributed by atoms with E-state index in [1.807, 2.05) is 18.2 Å². The molecule has 0 aromatic heterocycles. The van der Waals surface area contributed by atoms with Crippen LogP contribution in [0.4, 0.5) is 0 Å². The van der Waals surface area contributed by atoms with Crippen LogP contribution in [0.2, 0.25) is 5.02 Å². The van der Waals surface area contributed by atoms with Crippen LogP contribution in [0.3, 0.4) is 0 Å². The number of hydrogen-bond donors (Lipinski definition) is 2. The largest absolute Gasteiger partial charge is 0.367 e. The van der Waals surface area contributed by atoms with Crippen molar-refractivity contribution in [2.45, 2.75) is 18.5 Å². The standard InChI is InChI=1S/C12H14ClN3/c13-9-4-2-1-3-8(9)5-12-15-10-6-14-7-11(10)16-12/h1-4,10-11,14H,5-7H2,(H,15,16). The highest BCUT2D eigenvalue weighted by molar-refractivity contribution is 6.31. The summed E-state index contributed by atoms with van der Waals surface area (Å²) in [5, 5.41) is 7.60. The highest BCUT2D eigenvalue weighted by Crippen LogP contribution is 2.18. The van der Waals surface area contributed by atoms with E-state index in [-0.39, 0.29) is 0 Å². The molecular formula is C12H14ClN3. The van der Waals surface area contributed by atoms with Gasteiger partial charge in [0.1, 0.15) is 5.84 Å². The molecule has 2 aliphatic rings. The lowest BCUT2D eigenvalue weighted by molar-refractivity contribution is 0.636. The molecule has 1 aromatic rings. The summed E-state index contributed by atoms with van der Waals surface area (Å²) in [5.74, 6) is 1.07. The Morgan fingerprint density at radius 3 is 3.00 bits per heavy atom. The Bertz CT molecular complexity index is 430. The molecule has 2 unspecified atom stereocenters. The van der Waals surface area contributed by atoms with Crippen molar-refractivity contribution in [1.82, 2.24) is 10.6 Å². The van der Waals surface area contributed by atoms with Crippen LogP contribution in [-0.2, 0) is 6.42 Å². The summed E-state index contributed by atoms with van der Waals surface area (Å²) in [6, 6.07) is 8.84. The van der Waals surface area contributed by atoms with Gasteiger partial charge in [0.05, 0.1) is 12.1 Å². The summed E-state index contributed by atoms with van der Waals surface area (Å²) in [6.45, 7) is 2.00. The summed E-state index contributed by atoms with van der Waals surface area (Å²) < 4.78 is 0. The molecule has 0 amide bonds. The average molecular weight is 236 g/mol. The molecule has 16 heavy (non-hydrogen) atoms. The summed E-state index contributed by atoms with van der Waals surface area (Å²) in [6.07, 6.45) is 0.812. The van der Waals surface area contributed by atoms with E-state index in [0.717, 1.165) is 35.9 Å². The SMILES string of the molecule is Clc1ccccc1CC1=NC2CNCC2N1. The second-order valence-corrected chi connectivity index (χ2v) is 4.73. The Balaban J connectivity index is 1.75. The molecule has 4 heteroatoms. The zero-order valence-corrected chi connectivity index (χ0v) is 9.67. The minimum absolute atomic E-state index is 0.414. The van der Waals surface area contributed by atoms with E-state index >= 15 is 0 Å². The highest BCUT2D eigenvalue weighted by atomic mass is 35.5. The fraction of sp³-hybridized carbons (Fsp3) is 0.417. The van der Waals surface area contributed by atoms with Crippen molar-refractivity contribution in [2.24, 2.45) is 4.99 Å². The first kappa shape index (κ1) is 10.1. The normalized spacial score (nSPS) is 27.4. The number of hydrogen-bond acceptors (Lipinski definition) is 3. The van der Waals surface area contributed by atoms with E-state index in [1.165, 1.54) is 0 Å². The quantitative estimate of drug-likeness (QED) is 0.809. The maximum Gasteiger partial charge on any atom is 0.102 e. The van der Waals surface area contributed by atoms with Crippen LogP contribution in [0.15, 0.2) is 29.3 Å². The molecule has 2 N–H and O–H groups in total. The van der Waals surface area contributed by atoms with Crippen molar-refractivity contribution in [2.75, 3.05) is 13.1 Å². The van der Waals surface area contributed by atoms with Gasteiger partial charge in [-0.05, 0) is 11.6 Å². The number of nitrogens with one attached hydrogen (secondary N) is 2. The molecule has 2 aliphatic heterocycles. The van der Waals surface area contributed by atoms with Crippen LogP contribution in [0.25, 0.3) is 0 Å². The molecular weight excluding hydrogens is 222 g/mol. The van der Waals surface area contributed by atoms with Gasteiger partial charge < -0.3 is 10.6 Å². The Kier molecular flexibility index (Phi) is 2.58. The Morgan fingerprint density at radius 1 is 1.31 bits per heavy atom. The van der Waals surface area contributed by atoms with E-state index < -0.39 is 0 Å². The fourth-order valence-electron chi connectivity index (χ4n) is 2.32. The second-order valence-electron chi connectivity index (χ2n) is 4.32. The predicted octanol–water partition coefficient (Wildman–Crippen LogP) is 1.22. The summed E-state index contributed by atoms with van der Waals surface area (Å²) in [7, 11) is 0. The van der Waals surface area contributed by atoms with E-state index in [4.69, 9.17) is 11.6 Å². The maximum atomic E-state index is 6.13. The number of nitrogens with zero attached hydrogens (tertiary/aromatic N) is 1.